The summed E-state index contributed by atoms with van der Waals surface area (Å²) in [5, 5.41) is 0. The first-order valence-electron chi connectivity index (χ1n) is 9.10. The highest BCUT2D eigenvalue weighted by Gasteiger charge is 2.59. The quantitative estimate of drug-likeness (QED) is 0.808. The lowest BCUT2D eigenvalue weighted by Crippen LogP contribution is -2.50. The first-order valence-corrected chi connectivity index (χ1v) is 10.1. The highest BCUT2D eigenvalue weighted by atomic mass is 32.2. The van der Waals surface area contributed by atoms with Crippen molar-refractivity contribution < 1.29 is 14.0 Å². The van der Waals surface area contributed by atoms with E-state index >= 15 is 0 Å². The van der Waals surface area contributed by atoms with E-state index in [-0.39, 0.29) is 24.2 Å². The minimum absolute atomic E-state index is 0.0338. The molecule has 1 saturated heterocycles. The SMILES string of the molecule is CCC(=O)N1CCSC12C(=O)N(Cc1ccccc1F)c1ccc(C)cc12. The van der Waals surface area contributed by atoms with E-state index in [4.69, 9.17) is 0 Å². The fourth-order valence-electron chi connectivity index (χ4n) is 3.93. The molecular weight excluding hydrogens is 363 g/mol. The van der Waals surface area contributed by atoms with Gasteiger partial charge in [-0.15, -0.1) is 11.8 Å². The van der Waals surface area contributed by atoms with Gasteiger partial charge in [-0.05, 0) is 19.1 Å². The van der Waals surface area contributed by atoms with E-state index in [1.165, 1.54) is 17.8 Å². The third-order valence-electron chi connectivity index (χ3n) is 5.24. The van der Waals surface area contributed by atoms with Gasteiger partial charge >= 0.3 is 0 Å². The zero-order chi connectivity index (χ0) is 19.2. The molecule has 0 N–H and O–H groups in total. The molecule has 0 aromatic heterocycles. The summed E-state index contributed by atoms with van der Waals surface area (Å²) in [5.74, 6) is 0.183. The van der Waals surface area contributed by atoms with Gasteiger partial charge in [0.15, 0.2) is 4.87 Å². The molecule has 0 saturated carbocycles. The average molecular weight is 384 g/mol. The molecule has 27 heavy (non-hydrogen) atoms. The van der Waals surface area contributed by atoms with E-state index in [0.29, 0.717) is 24.3 Å². The van der Waals surface area contributed by atoms with Crippen LogP contribution in [0, 0.1) is 12.7 Å². The Labute approximate surface area is 162 Å². The molecule has 1 atom stereocenters. The number of amides is 2. The molecule has 6 heteroatoms. The number of hydrogen-bond acceptors (Lipinski definition) is 3. The summed E-state index contributed by atoms with van der Waals surface area (Å²) in [6, 6.07) is 12.3. The molecule has 2 amide bonds. The molecular formula is C21H21FN2O2S. The lowest BCUT2D eigenvalue weighted by Gasteiger charge is -2.33. The Bertz CT molecular complexity index is 932. The number of benzene rings is 2. The lowest BCUT2D eigenvalue weighted by molar-refractivity contribution is -0.139. The first kappa shape index (κ1) is 18.0. The molecule has 2 aliphatic heterocycles. The van der Waals surface area contributed by atoms with Crippen LogP contribution in [0.2, 0.25) is 0 Å². The van der Waals surface area contributed by atoms with Crippen molar-refractivity contribution >= 4 is 29.3 Å². The van der Waals surface area contributed by atoms with Crippen LogP contribution in [0.5, 0.6) is 0 Å². The minimum atomic E-state index is -1.03. The summed E-state index contributed by atoms with van der Waals surface area (Å²) in [6.45, 7) is 4.48. The van der Waals surface area contributed by atoms with Crippen molar-refractivity contribution in [2.45, 2.75) is 31.7 Å². The number of aryl methyl sites for hydroxylation is 1. The summed E-state index contributed by atoms with van der Waals surface area (Å²) in [4.78, 5) is 28.6. The largest absolute Gasteiger partial charge is 0.315 e. The molecule has 140 valence electrons. The Morgan fingerprint density at radius 2 is 2.04 bits per heavy atom. The predicted molar refractivity (Wildman–Crippen MR) is 105 cm³/mol. The summed E-state index contributed by atoms with van der Waals surface area (Å²) in [6.07, 6.45) is 0.351. The van der Waals surface area contributed by atoms with Crippen molar-refractivity contribution in [1.82, 2.24) is 4.90 Å². The Morgan fingerprint density at radius 1 is 1.26 bits per heavy atom. The van der Waals surface area contributed by atoms with E-state index in [1.807, 2.05) is 32.0 Å². The number of halogens is 1. The van der Waals surface area contributed by atoms with Crippen LogP contribution in [-0.4, -0.2) is 29.0 Å². The highest BCUT2D eigenvalue weighted by Crippen LogP contribution is 2.54. The zero-order valence-electron chi connectivity index (χ0n) is 15.4. The number of hydrogen-bond donors (Lipinski definition) is 0. The Balaban J connectivity index is 1.84. The molecule has 2 aromatic carbocycles. The first-order chi connectivity index (χ1) is 13.0. The smallest absolute Gasteiger partial charge is 0.268 e. The van der Waals surface area contributed by atoms with Crippen LogP contribution in [0.4, 0.5) is 10.1 Å². The lowest BCUT2D eigenvalue weighted by atomic mass is 10.0. The Kier molecular flexibility index (Phi) is 4.46. The van der Waals surface area contributed by atoms with Gasteiger partial charge in [0.2, 0.25) is 5.91 Å². The van der Waals surface area contributed by atoms with Gasteiger partial charge in [0.1, 0.15) is 5.82 Å². The number of fused-ring (bicyclic) bond motifs is 2. The van der Waals surface area contributed by atoms with Gasteiger partial charge in [-0.1, -0.05) is 42.8 Å². The highest BCUT2D eigenvalue weighted by molar-refractivity contribution is 8.01. The molecule has 1 spiro atoms. The molecule has 4 rings (SSSR count). The van der Waals surface area contributed by atoms with E-state index in [0.717, 1.165) is 16.8 Å². The van der Waals surface area contributed by atoms with Crippen molar-refractivity contribution in [1.29, 1.82) is 0 Å². The third-order valence-corrected chi connectivity index (χ3v) is 6.66. The molecule has 1 unspecified atom stereocenters. The van der Waals surface area contributed by atoms with Gasteiger partial charge in [0, 0.05) is 29.8 Å². The number of rotatable bonds is 3. The summed E-state index contributed by atoms with van der Waals surface area (Å²) < 4.78 is 14.2. The van der Waals surface area contributed by atoms with Gasteiger partial charge < -0.3 is 9.80 Å². The molecule has 0 radical (unpaired) electrons. The second-order valence-electron chi connectivity index (χ2n) is 6.89. The van der Waals surface area contributed by atoms with E-state index in [2.05, 4.69) is 0 Å². The standard InChI is InChI=1S/C21H21FN2O2S/c1-3-19(25)24-10-11-27-21(24)16-12-14(2)8-9-18(16)23(20(21)26)13-15-6-4-5-7-17(15)22/h4-9,12H,3,10-11,13H2,1-2H3. The second-order valence-corrected chi connectivity index (χ2v) is 8.18. The molecule has 4 nitrogen and oxygen atoms in total. The topological polar surface area (TPSA) is 40.6 Å². The predicted octanol–water partition coefficient (Wildman–Crippen LogP) is 3.82. The van der Waals surface area contributed by atoms with Gasteiger partial charge in [-0.25, -0.2) is 4.39 Å². The van der Waals surface area contributed by atoms with Crippen LogP contribution < -0.4 is 4.90 Å². The maximum absolute atomic E-state index is 14.2. The maximum Gasteiger partial charge on any atom is 0.268 e. The normalized spacial score (nSPS) is 21.2. The van der Waals surface area contributed by atoms with Crippen molar-refractivity contribution in [2.24, 2.45) is 0 Å². The number of nitrogens with zero attached hydrogens (tertiary/aromatic N) is 2. The van der Waals surface area contributed by atoms with Crippen molar-refractivity contribution in [3.05, 3.63) is 65.0 Å². The van der Waals surface area contributed by atoms with Gasteiger partial charge in [0.25, 0.3) is 5.91 Å². The van der Waals surface area contributed by atoms with Crippen LogP contribution in [-0.2, 0) is 21.0 Å². The van der Waals surface area contributed by atoms with Crippen molar-refractivity contribution in [2.75, 3.05) is 17.2 Å². The third kappa shape index (κ3) is 2.65. The minimum Gasteiger partial charge on any atom is -0.315 e. The Hall–Kier alpha value is -2.34. The summed E-state index contributed by atoms with van der Waals surface area (Å²) in [7, 11) is 0. The number of carbonyl (C=O) groups excluding carboxylic acids is 2. The van der Waals surface area contributed by atoms with Crippen LogP contribution in [0.1, 0.15) is 30.0 Å². The summed E-state index contributed by atoms with van der Waals surface area (Å²) in [5.41, 5.74) is 3.10. The fraction of sp³-hybridized carbons (Fsp3) is 0.333. The number of anilines is 1. The Morgan fingerprint density at radius 3 is 2.78 bits per heavy atom. The van der Waals surface area contributed by atoms with E-state index < -0.39 is 4.87 Å². The number of carbonyl (C=O) groups is 2. The van der Waals surface area contributed by atoms with Crippen molar-refractivity contribution in [3.63, 3.8) is 0 Å². The molecule has 1 fully saturated rings. The average Bonchev–Trinajstić information content (AvgIpc) is 3.20. The number of thioether (sulfide) groups is 1. The van der Waals surface area contributed by atoms with Crippen LogP contribution in [0.3, 0.4) is 0 Å². The zero-order valence-corrected chi connectivity index (χ0v) is 16.2. The van der Waals surface area contributed by atoms with Crippen molar-refractivity contribution in [3.8, 4) is 0 Å². The molecule has 2 heterocycles. The van der Waals surface area contributed by atoms with Crippen LogP contribution in [0.25, 0.3) is 0 Å². The fourth-order valence-corrected chi connectivity index (χ4v) is 5.40. The van der Waals surface area contributed by atoms with Gasteiger partial charge in [-0.3, -0.25) is 9.59 Å². The molecule has 0 aliphatic carbocycles. The molecule has 2 aliphatic rings. The van der Waals surface area contributed by atoms with E-state index in [1.54, 1.807) is 28.0 Å². The second kappa shape index (κ2) is 6.68. The van der Waals surface area contributed by atoms with Crippen LogP contribution >= 0.6 is 11.8 Å². The van der Waals surface area contributed by atoms with Gasteiger partial charge in [-0.2, -0.15) is 0 Å². The summed E-state index contributed by atoms with van der Waals surface area (Å²) >= 11 is 1.50. The van der Waals surface area contributed by atoms with Crippen LogP contribution in [0.15, 0.2) is 42.5 Å². The molecule has 0 bridgehead atoms. The van der Waals surface area contributed by atoms with E-state index in [9.17, 15) is 14.0 Å². The monoisotopic (exact) mass is 384 g/mol. The maximum atomic E-state index is 14.2. The van der Waals surface area contributed by atoms with Gasteiger partial charge in [0.05, 0.1) is 12.2 Å². The molecule has 2 aromatic rings.